The van der Waals surface area contributed by atoms with Gasteiger partial charge in [0, 0.05) is 23.8 Å². The van der Waals surface area contributed by atoms with Crippen molar-refractivity contribution in [3.63, 3.8) is 0 Å². The van der Waals surface area contributed by atoms with Crippen molar-refractivity contribution in [2.45, 2.75) is 20.8 Å². The molecule has 0 aliphatic rings. The summed E-state index contributed by atoms with van der Waals surface area (Å²) in [4.78, 5) is 6.60. The van der Waals surface area contributed by atoms with Crippen molar-refractivity contribution < 1.29 is 0 Å². The van der Waals surface area contributed by atoms with Crippen LogP contribution in [0.15, 0.2) is 24.4 Å². The summed E-state index contributed by atoms with van der Waals surface area (Å²) < 4.78 is 0. The van der Waals surface area contributed by atoms with Gasteiger partial charge in [0.25, 0.3) is 0 Å². The lowest BCUT2D eigenvalue weighted by molar-refractivity contribution is 0.826. The summed E-state index contributed by atoms with van der Waals surface area (Å²) in [5.74, 6) is 1.30. The van der Waals surface area contributed by atoms with E-state index < -0.39 is 0 Å². The zero-order valence-corrected chi connectivity index (χ0v) is 12.6. The predicted octanol–water partition coefficient (Wildman–Crippen LogP) is 3.42. The molecule has 1 aromatic carbocycles. The third kappa shape index (κ3) is 3.36. The summed E-state index contributed by atoms with van der Waals surface area (Å²) in [6.45, 7) is 7.92. The van der Waals surface area contributed by atoms with Crippen molar-refractivity contribution in [1.29, 1.82) is 0 Å². The molecule has 0 amide bonds. The van der Waals surface area contributed by atoms with Crippen molar-refractivity contribution in [3.05, 3.63) is 35.0 Å². The number of nitrogens with one attached hydrogen (secondary N) is 1. The van der Waals surface area contributed by atoms with Crippen LogP contribution in [0, 0.1) is 6.92 Å². The van der Waals surface area contributed by atoms with E-state index in [1.165, 1.54) is 0 Å². The second-order valence-corrected chi connectivity index (χ2v) is 4.83. The Morgan fingerprint density at radius 2 is 2.00 bits per heavy atom. The van der Waals surface area contributed by atoms with Gasteiger partial charge in [0.1, 0.15) is 0 Å². The fraction of sp³-hybridized carbons (Fsp3) is 0.357. The van der Waals surface area contributed by atoms with Gasteiger partial charge in [-0.2, -0.15) is 10.1 Å². The first kappa shape index (κ1) is 14.5. The van der Waals surface area contributed by atoms with Crippen LogP contribution >= 0.6 is 11.6 Å². The van der Waals surface area contributed by atoms with E-state index in [1.54, 1.807) is 6.20 Å². The Morgan fingerprint density at radius 1 is 1.25 bits per heavy atom. The SMILES string of the molecule is CCN(CC)c1cnnc(Nc2ccc(Cl)cc2C)n1. The molecule has 20 heavy (non-hydrogen) atoms. The van der Waals surface area contributed by atoms with Gasteiger partial charge in [-0.1, -0.05) is 11.6 Å². The van der Waals surface area contributed by atoms with Gasteiger partial charge in [-0.3, -0.25) is 0 Å². The van der Waals surface area contributed by atoms with Gasteiger partial charge < -0.3 is 10.2 Å². The standard InChI is InChI=1S/C14H18ClN5/c1-4-20(5-2)13-9-16-19-14(18-13)17-12-7-6-11(15)8-10(12)3/h6-9H,4-5H2,1-3H3,(H,17,18,19). The first-order valence-corrected chi connectivity index (χ1v) is 6.99. The average Bonchev–Trinajstić information content (AvgIpc) is 2.44. The maximum absolute atomic E-state index is 5.95. The van der Waals surface area contributed by atoms with Crippen LogP contribution in [-0.4, -0.2) is 28.3 Å². The molecule has 1 N–H and O–H groups in total. The highest BCUT2D eigenvalue weighted by molar-refractivity contribution is 6.30. The molecule has 0 spiro atoms. The Balaban J connectivity index is 2.23. The van der Waals surface area contributed by atoms with Crippen molar-refractivity contribution in [2.24, 2.45) is 0 Å². The molecule has 1 heterocycles. The highest BCUT2D eigenvalue weighted by Crippen LogP contribution is 2.22. The number of rotatable bonds is 5. The molecule has 1 aromatic heterocycles. The van der Waals surface area contributed by atoms with Crippen molar-refractivity contribution in [2.75, 3.05) is 23.3 Å². The zero-order chi connectivity index (χ0) is 14.5. The lowest BCUT2D eigenvalue weighted by atomic mass is 10.2. The van der Waals surface area contributed by atoms with Crippen LogP contribution in [0.4, 0.5) is 17.5 Å². The number of hydrogen-bond donors (Lipinski definition) is 1. The number of halogens is 1. The fourth-order valence-electron chi connectivity index (χ4n) is 1.94. The Bertz CT molecular complexity index is 584. The minimum atomic E-state index is 0.486. The molecule has 0 atom stereocenters. The quantitative estimate of drug-likeness (QED) is 0.915. The predicted molar refractivity (Wildman–Crippen MR) is 82.9 cm³/mol. The van der Waals surface area contributed by atoms with Crippen LogP contribution in [0.5, 0.6) is 0 Å². The molecule has 0 radical (unpaired) electrons. The Morgan fingerprint density at radius 3 is 2.65 bits per heavy atom. The molecule has 0 saturated carbocycles. The number of nitrogens with zero attached hydrogens (tertiary/aromatic N) is 4. The Labute approximate surface area is 124 Å². The lowest BCUT2D eigenvalue weighted by Crippen LogP contribution is -2.23. The number of hydrogen-bond acceptors (Lipinski definition) is 5. The maximum atomic E-state index is 5.95. The molecule has 2 rings (SSSR count). The Kier molecular flexibility index (Phi) is 4.74. The number of benzene rings is 1. The number of aromatic nitrogens is 3. The second-order valence-electron chi connectivity index (χ2n) is 4.39. The molecule has 0 unspecified atom stereocenters. The van der Waals surface area contributed by atoms with Gasteiger partial charge in [0.05, 0.1) is 6.20 Å². The molecular formula is C14H18ClN5. The van der Waals surface area contributed by atoms with E-state index in [4.69, 9.17) is 11.6 Å². The molecule has 5 nitrogen and oxygen atoms in total. The number of anilines is 3. The summed E-state index contributed by atoms with van der Waals surface area (Å²) >= 11 is 5.95. The fourth-order valence-corrected chi connectivity index (χ4v) is 2.16. The summed E-state index contributed by atoms with van der Waals surface area (Å²) in [6.07, 6.45) is 1.67. The van der Waals surface area contributed by atoms with Crippen molar-refractivity contribution >= 4 is 29.1 Å². The van der Waals surface area contributed by atoms with Crippen LogP contribution < -0.4 is 10.2 Å². The third-order valence-corrected chi connectivity index (χ3v) is 3.30. The van der Waals surface area contributed by atoms with Crippen LogP contribution in [0.25, 0.3) is 0 Å². The van der Waals surface area contributed by atoms with E-state index in [1.807, 2.05) is 25.1 Å². The van der Waals surface area contributed by atoms with E-state index >= 15 is 0 Å². The summed E-state index contributed by atoms with van der Waals surface area (Å²) in [7, 11) is 0. The van der Waals surface area contributed by atoms with Gasteiger partial charge in [-0.05, 0) is 44.5 Å². The van der Waals surface area contributed by atoms with Crippen molar-refractivity contribution in [1.82, 2.24) is 15.2 Å². The van der Waals surface area contributed by atoms with E-state index in [9.17, 15) is 0 Å². The summed E-state index contributed by atoms with van der Waals surface area (Å²) in [5.41, 5.74) is 1.96. The second kappa shape index (κ2) is 6.52. The highest BCUT2D eigenvalue weighted by atomic mass is 35.5. The van der Waals surface area contributed by atoms with Crippen molar-refractivity contribution in [3.8, 4) is 0 Å². The minimum absolute atomic E-state index is 0.486. The topological polar surface area (TPSA) is 53.9 Å². The van der Waals surface area contributed by atoms with E-state index in [2.05, 4.69) is 39.2 Å². The minimum Gasteiger partial charge on any atom is -0.356 e. The monoisotopic (exact) mass is 291 g/mol. The normalized spacial score (nSPS) is 10.4. The summed E-state index contributed by atoms with van der Waals surface area (Å²) in [5, 5.41) is 11.9. The molecule has 0 bridgehead atoms. The van der Waals surface area contributed by atoms with Gasteiger partial charge in [0.2, 0.25) is 5.95 Å². The smallest absolute Gasteiger partial charge is 0.249 e. The molecule has 106 valence electrons. The summed E-state index contributed by atoms with van der Waals surface area (Å²) in [6, 6.07) is 5.63. The molecule has 0 aliphatic carbocycles. The molecular weight excluding hydrogens is 274 g/mol. The molecule has 0 fully saturated rings. The molecule has 2 aromatic rings. The van der Waals surface area contributed by atoms with Crippen LogP contribution in [0.3, 0.4) is 0 Å². The third-order valence-electron chi connectivity index (χ3n) is 3.07. The van der Waals surface area contributed by atoms with E-state index in [0.717, 1.165) is 30.2 Å². The first-order valence-electron chi connectivity index (χ1n) is 6.61. The van der Waals surface area contributed by atoms with E-state index in [0.29, 0.717) is 11.0 Å². The number of aryl methyl sites for hydroxylation is 1. The first-order chi connectivity index (χ1) is 9.63. The maximum Gasteiger partial charge on any atom is 0.249 e. The van der Waals surface area contributed by atoms with E-state index in [-0.39, 0.29) is 0 Å². The van der Waals surface area contributed by atoms with Gasteiger partial charge >= 0.3 is 0 Å². The van der Waals surface area contributed by atoms with Gasteiger partial charge in [-0.15, -0.1) is 5.10 Å². The highest BCUT2D eigenvalue weighted by Gasteiger charge is 2.07. The van der Waals surface area contributed by atoms with Crippen LogP contribution in [-0.2, 0) is 0 Å². The van der Waals surface area contributed by atoms with Gasteiger partial charge in [0.15, 0.2) is 5.82 Å². The largest absolute Gasteiger partial charge is 0.356 e. The lowest BCUT2D eigenvalue weighted by Gasteiger charge is -2.19. The average molecular weight is 292 g/mol. The molecule has 6 heteroatoms. The van der Waals surface area contributed by atoms with Crippen LogP contribution in [0.2, 0.25) is 5.02 Å². The molecule has 0 aliphatic heterocycles. The van der Waals surface area contributed by atoms with Crippen LogP contribution in [0.1, 0.15) is 19.4 Å². The Hall–Kier alpha value is -1.88. The van der Waals surface area contributed by atoms with Gasteiger partial charge in [-0.25, -0.2) is 0 Å². The zero-order valence-electron chi connectivity index (χ0n) is 11.9. The molecule has 0 saturated heterocycles.